The summed E-state index contributed by atoms with van der Waals surface area (Å²) < 4.78 is 1.80. The molecule has 1 aromatic carbocycles. The van der Waals surface area contributed by atoms with Gasteiger partial charge in [0.2, 0.25) is 0 Å². The second-order valence-electron chi connectivity index (χ2n) is 4.37. The summed E-state index contributed by atoms with van der Waals surface area (Å²) in [5.74, 6) is 0. The Bertz CT molecular complexity index is 592. The van der Waals surface area contributed by atoms with Gasteiger partial charge in [0.1, 0.15) is 0 Å². The quantitative estimate of drug-likeness (QED) is 0.658. The van der Waals surface area contributed by atoms with Gasteiger partial charge in [-0.05, 0) is 18.6 Å². The molecule has 100 valence electrons. The van der Waals surface area contributed by atoms with Crippen molar-refractivity contribution in [2.45, 2.75) is 20.0 Å². The van der Waals surface area contributed by atoms with E-state index in [4.69, 9.17) is 0 Å². The van der Waals surface area contributed by atoms with Crippen molar-refractivity contribution < 1.29 is 4.92 Å². The predicted octanol–water partition coefficient (Wildman–Crippen LogP) is 1.93. The van der Waals surface area contributed by atoms with E-state index in [0.717, 1.165) is 11.3 Å². The van der Waals surface area contributed by atoms with Crippen LogP contribution >= 0.6 is 0 Å². The number of benzene rings is 1. The summed E-state index contributed by atoms with van der Waals surface area (Å²) in [5, 5.41) is 18.2. The minimum absolute atomic E-state index is 0.167. The number of nitrogens with zero attached hydrogens (tertiary/aromatic N) is 3. The zero-order valence-electron chi connectivity index (χ0n) is 11.0. The number of nitrogens with one attached hydrogen (secondary N) is 1. The van der Waals surface area contributed by atoms with Crippen LogP contribution in [-0.2, 0) is 20.1 Å². The summed E-state index contributed by atoms with van der Waals surface area (Å²) in [6.45, 7) is 3.05. The minimum atomic E-state index is -0.347. The Kier molecular flexibility index (Phi) is 3.91. The third-order valence-electron chi connectivity index (χ3n) is 3.16. The summed E-state index contributed by atoms with van der Waals surface area (Å²) in [6.07, 6.45) is 1.75. The third kappa shape index (κ3) is 2.97. The Morgan fingerprint density at radius 3 is 2.79 bits per heavy atom. The van der Waals surface area contributed by atoms with Gasteiger partial charge in [-0.15, -0.1) is 0 Å². The molecule has 0 unspecified atom stereocenters. The summed E-state index contributed by atoms with van der Waals surface area (Å²) in [7, 11) is 1.88. The molecule has 0 aliphatic heterocycles. The van der Waals surface area contributed by atoms with Gasteiger partial charge in [0.15, 0.2) is 0 Å². The van der Waals surface area contributed by atoms with E-state index in [1.54, 1.807) is 23.9 Å². The van der Waals surface area contributed by atoms with E-state index in [9.17, 15) is 10.1 Å². The lowest BCUT2D eigenvalue weighted by molar-refractivity contribution is -0.385. The predicted molar refractivity (Wildman–Crippen MR) is 71.6 cm³/mol. The largest absolute Gasteiger partial charge is 0.307 e. The van der Waals surface area contributed by atoms with Gasteiger partial charge in [-0.3, -0.25) is 14.8 Å². The first kappa shape index (κ1) is 13.2. The van der Waals surface area contributed by atoms with E-state index in [1.165, 1.54) is 6.07 Å². The standard InChI is InChI=1S/C13H16N4O2/c1-10-11(4-3-5-13(10)17(18)19)8-14-9-12-6-7-15-16(12)2/h3-7,14H,8-9H2,1-2H3. The van der Waals surface area contributed by atoms with Gasteiger partial charge in [0, 0.05) is 38.0 Å². The van der Waals surface area contributed by atoms with Gasteiger partial charge < -0.3 is 5.32 Å². The third-order valence-corrected chi connectivity index (χ3v) is 3.16. The van der Waals surface area contributed by atoms with Crippen LogP contribution in [0.4, 0.5) is 5.69 Å². The maximum absolute atomic E-state index is 10.9. The Labute approximate surface area is 111 Å². The topological polar surface area (TPSA) is 73.0 Å². The van der Waals surface area contributed by atoms with E-state index in [0.29, 0.717) is 18.7 Å². The summed E-state index contributed by atoms with van der Waals surface area (Å²) in [5.41, 5.74) is 2.89. The average Bonchev–Trinajstić information content (AvgIpc) is 2.77. The molecule has 6 heteroatoms. The van der Waals surface area contributed by atoms with Crippen LogP contribution in [0.3, 0.4) is 0 Å². The van der Waals surface area contributed by atoms with Gasteiger partial charge in [0.25, 0.3) is 5.69 Å². The maximum atomic E-state index is 10.9. The van der Waals surface area contributed by atoms with E-state index in [1.807, 2.05) is 19.2 Å². The van der Waals surface area contributed by atoms with Gasteiger partial charge in [-0.25, -0.2) is 0 Å². The lowest BCUT2D eigenvalue weighted by Crippen LogP contribution is -2.16. The molecule has 0 bridgehead atoms. The summed E-state index contributed by atoms with van der Waals surface area (Å²) in [6, 6.07) is 7.08. The fourth-order valence-electron chi connectivity index (χ4n) is 1.96. The van der Waals surface area contributed by atoms with Gasteiger partial charge in [-0.2, -0.15) is 5.10 Å². The highest BCUT2D eigenvalue weighted by atomic mass is 16.6. The molecule has 0 amide bonds. The number of aryl methyl sites for hydroxylation is 1. The Hall–Kier alpha value is -2.21. The van der Waals surface area contributed by atoms with E-state index in [2.05, 4.69) is 10.4 Å². The van der Waals surface area contributed by atoms with E-state index >= 15 is 0 Å². The molecule has 1 N–H and O–H groups in total. The second kappa shape index (κ2) is 5.62. The van der Waals surface area contributed by atoms with Crippen molar-refractivity contribution in [3.63, 3.8) is 0 Å². The molecule has 2 aromatic rings. The van der Waals surface area contributed by atoms with Crippen LogP contribution in [0.15, 0.2) is 30.5 Å². The van der Waals surface area contributed by atoms with Gasteiger partial charge >= 0.3 is 0 Å². The number of rotatable bonds is 5. The van der Waals surface area contributed by atoms with Gasteiger partial charge in [0.05, 0.1) is 10.6 Å². The lowest BCUT2D eigenvalue weighted by atomic mass is 10.1. The molecule has 0 aliphatic rings. The number of nitro groups is 1. The smallest absolute Gasteiger partial charge is 0.272 e. The molecule has 0 aliphatic carbocycles. The Balaban J connectivity index is 2.02. The zero-order valence-corrected chi connectivity index (χ0v) is 11.0. The fourth-order valence-corrected chi connectivity index (χ4v) is 1.96. The highest BCUT2D eigenvalue weighted by molar-refractivity contribution is 5.44. The molecule has 2 rings (SSSR count). The van der Waals surface area contributed by atoms with Crippen molar-refractivity contribution in [2.24, 2.45) is 7.05 Å². The molecule has 0 spiro atoms. The van der Waals surface area contributed by atoms with Crippen LogP contribution in [0.1, 0.15) is 16.8 Å². The number of aromatic nitrogens is 2. The van der Waals surface area contributed by atoms with Crippen LogP contribution in [0.25, 0.3) is 0 Å². The van der Waals surface area contributed by atoms with Crippen molar-refractivity contribution in [3.05, 3.63) is 57.4 Å². The molecule has 1 heterocycles. The highest BCUT2D eigenvalue weighted by Gasteiger charge is 2.12. The molecule has 0 saturated carbocycles. The maximum Gasteiger partial charge on any atom is 0.272 e. The SMILES string of the molecule is Cc1c(CNCc2ccnn2C)cccc1[N+](=O)[O-]. The molecule has 1 aromatic heterocycles. The normalized spacial score (nSPS) is 10.6. The molecular weight excluding hydrogens is 244 g/mol. The molecule has 6 nitrogen and oxygen atoms in total. The lowest BCUT2D eigenvalue weighted by Gasteiger charge is -2.08. The molecule has 0 radical (unpaired) electrons. The monoisotopic (exact) mass is 260 g/mol. The van der Waals surface area contributed by atoms with Crippen LogP contribution in [0.5, 0.6) is 0 Å². The first-order valence-corrected chi connectivity index (χ1v) is 6.00. The number of hydrogen-bond acceptors (Lipinski definition) is 4. The molecule has 0 atom stereocenters. The van der Waals surface area contributed by atoms with E-state index < -0.39 is 0 Å². The van der Waals surface area contributed by atoms with Gasteiger partial charge in [-0.1, -0.05) is 12.1 Å². The molecule has 19 heavy (non-hydrogen) atoms. The zero-order chi connectivity index (χ0) is 13.8. The molecular formula is C13H16N4O2. The van der Waals surface area contributed by atoms with Crippen LogP contribution in [0.2, 0.25) is 0 Å². The van der Waals surface area contributed by atoms with Crippen molar-refractivity contribution in [3.8, 4) is 0 Å². The second-order valence-corrected chi connectivity index (χ2v) is 4.37. The van der Waals surface area contributed by atoms with Crippen LogP contribution < -0.4 is 5.32 Å². The molecule has 0 saturated heterocycles. The van der Waals surface area contributed by atoms with Crippen molar-refractivity contribution >= 4 is 5.69 Å². The van der Waals surface area contributed by atoms with Crippen molar-refractivity contribution in [1.82, 2.24) is 15.1 Å². The minimum Gasteiger partial charge on any atom is -0.307 e. The van der Waals surface area contributed by atoms with E-state index in [-0.39, 0.29) is 10.6 Å². The Morgan fingerprint density at radius 1 is 1.37 bits per heavy atom. The highest BCUT2D eigenvalue weighted by Crippen LogP contribution is 2.20. The first-order valence-electron chi connectivity index (χ1n) is 6.00. The van der Waals surface area contributed by atoms with Crippen LogP contribution in [0, 0.1) is 17.0 Å². The summed E-state index contributed by atoms with van der Waals surface area (Å²) in [4.78, 5) is 10.5. The average molecular weight is 260 g/mol. The number of nitro benzene ring substituents is 1. The Morgan fingerprint density at radius 2 is 2.16 bits per heavy atom. The molecule has 0 fully saturated rings. The fraction of sp³-hybridized carbons (Fsp3) is 0.308. The van der Waals surface area contributed by atoms with Crippen molar-refractivity contribution in [2.75, 3.05) is 0 Å². The van der Waals surface area contributed by atoms with Crippen LogP contribution in [-0.4, -0.2) is 14.7 Å². The van der Waals surface area contributed by atoms with Crippen molar-refractivity contribution in [1.29, 1.82) is 0 Å². The number of hydrogen-bond donors (Lipinski definition) is 1. The summed E-state index contributed by atoms with van der Waals surface area (Å²) >= 11 is 0. The first-order chi connectivity index (χ1) is 9.09.